The number of hydrogen-bond acceptors (Lipinski definition) is 3. The van der Waals surface area contributed by atoms with Crippen LogP contribution in [0.5, 0.6) is 5.75 Å². The standard InChI is InChI=1S/C14H16F3N3O/c1-8(2)13-19-11(12(18)20(13)3)9-6-4-5-7-10(9)21-14(15,16)17/h4-8H,18H2,1-3H3. The molecule has 0 radical (unpaired) electrons. The largest absolute Gasteiger partial charge is 0.573 e. The Hall–Kier alpha value is -2.18. The van der Waals surface area contributed by atoms with Gasteiger partial charge in [0.05, 0.1) is 0 Å². The van der Waals surface area contributed by atoms with Gasteiger partial charge in [-0.1, -0.05) is 26.0 Å². The van der Waals surface area contributed by atoms with Gasteiger partial charge in [0.1, 0.15) is 23.1 Å². The summed E-state index contributed by atoms with van der Waals surface area (Å²) >= 11 is 0. The van der Waals surface area contributed by atoms with Crippen molar-refractivity contribution in [3.8, 4) is 17.0 Å². The average molecular weight is 299 g/mol. The fourth-order valence-electron chi connectivity index (χ4n) is 2.12. The van der Waals surface area contributed by atoms with Crippen LogP contribution in [0.15, 0.2) is 24.3 Å². The number of para-hydroxylation sites is 1. The van der Waals surface area contributed by atoms with Gasteiger partial charge >= 0.3 is 6.36 Å². The molecule has 0 unspecified atom stereocenters. The number of nitrogens with two attached hydrogens (primary N) is 1. The second-order valence-corrected chi connectivity index (χ2v) is 4.96. The van der Waals surface area contributed by atoms with Gasteiger partial charge < -0.3 is 15.0 Å². The molecule has 0 bridgehead atoms. The van der Waals surface area contributed by atoms with Crippen molar-refractivity contribution >= 4 is 5.82 Å². The first-order valence-corrected chi connectivity index (χ1v) is 6.38. The third kappa shape index (κ3) is 3.12. The van der Waals surface area contributed by atoms with E-state index >= 15 is 0 Å². The van der Waals surface area contributed by atoms with E-state index in [0.717, 1.165) is 0 Å². The number of ether oxygens (including phenoxy) is 1. The number of rotatable bonds is 3. The SMILES string of the molecule is CC(C)c1nc(-c2ccccc2OC(F)(F)F)c(N)n1C. The highest BCUT2D eigenvalue weighted by molar-refractivity contribution is 5.76. The number of aromatic nitrogens is 2. The number of anilines is 1. The Morgan fingerprint density at radius 1 is 1.24 bits per heavy atom. The molecule has 4 nitrogen and oxygen atoms in total. The first kappa shape index (κ1) is 15.2. The van der Waals surface area contributed by atoms with Crippen LogP contribution in [0, 0.1) is 0 Å². The summed E-state index contributed by atoms with van der Waals surface area (Å²) in [6.07, 6.45) is -4.76. The fourth-order valence-corrected chi connectivity index (χ4v) is 2.12. The van der Waals surface area contributed by atoms with Crippen LogP contribution in [-0.2, 0) is 7.05 Å². The smallest absolute Gasteiger partial charge is 0.405 e. The summed E-state index contributed by atoms with van der Waals surface area (Å²) in [5, 5.41) is 0. The lowest BCUT2D eigenvalue weighted by molar-refractivity contribution is -0.274. The van der Waals surface area contributed by atoms with Crippen LogP contribution in [0.3, 0.4) is 0 Å². The van der Waals surface area contributed by atoms with Crippen LogP contribution in [0.4, 0.5) is 19.0 Å². The molecule has 0 saturated heterocycles. The predicted molar refractivity (Wildman–Crippen MR) is 73.8 cm³/mol. The summed E-state index contributed by atoms with van der Waals surface area (Å²) < 4.78 is 43.1. The highest BCUT2D eigenvalue weighted by Crippen LogP contribution is 2.36. The number of benzene rings is 1. The van der Waals surface area contributed by atoms with Crippen LogP contribution in [0.25, 0.3) is 11.3 Å². The lowest BCUT2D eigenvalue weighted by Crippen LogP contribution is -2.17. The molecule has 0 amide bonds. The van der Waals surface area contributed by atoms with Gasteiger partial charge in [-0.05, 0) is 12.1 Å². The van der Waals surface area contributed by atoms with Gasteiger partial charge in [-0.15, -0.1) is 13.2 Å². The van der Waals surface area contributed by atoms with Crippen molar-refractivity contribution in [1.82, 2.24) is 9.55 Å². The molecular formula is C14H16F3N3O. The van der Waals surface area contributed by atoms with Gasteiger partial charge in [0.2, 0.25) is 0 Å². The molecule has 0 fully saturated rings. The molecule has 0 aliphatic carbocycles. The Bertz CT molecular complexity index is 647. The number of nitrogens with zero attached hydrogens (tertiary/aromatic N) is 2. The van der Waals surface area contributed by atoms with E-state index in [0.29, 0.717) is 17.3 Å². The first-order chi connectivity index (χ1) is 9.70. The van der Waals surface area contributed by atoms with E-state index in [9.17, 15) is 13.2 Å². The van der Waals surface area contributed by atoms with Crippen molar-refractivity contribution in [1.29, 1.82) is 0 Å². The third-order valence-corrected chi connectivity index (χ3v) is 3.06. The van der Waals surface area contributed by atoms with Crippen molar-refractivity contribution in [3.05, 3.63) is 30.1 Å². The van der Waals surface area contributed by atoms with E-state index in [4.69, 9.17) is 5.73 Å². The van der Waals surface area contributed by atoms with Crippen molar-refractivity contribution in [2.24, 2.45) is 7.05 Å². The summed E-state index contributed by atoms with van der Waals surface area (Å²) in [4.78, 5) is 4.36. The Kier molecular flexibility index (Phi) is 3.85. The zero-order valence-electron chi connectivity index (χ0n) is 11.9. The molecule has 1 heterocycles. The molecule has 1 aromatic heterocycles. The highest BCUT2D eigenvalue weighted by Gasteiger charge is 2.32. The maximum Gasteiger partial charge on any atom is 0.573 e. The van der Waals surface area contributed by atoms with E-state index < -0.39 is 6.36 Å². The molecule has 1 aromatic carbocycles. The zero-order valence-corrected chi connectivity index (χ0v) is 11.9. The Morgan fingerprint density at radius 2 is 1.86 bits per heavy atom. The number of imidazole rings is 1. The molecule has 2 aromatic rings. The maximum absolute atomic E-state index is 12.5. The normalized spacial score (nSPS) is 12.0. The Labute approximate surface area is 120 Å². The molecule has 7 heteroatoms. The second kappa shape index (κ2) is 5.31. The van der Waals surface area contributed by atoms with Crippen LogP contribution >= 0.6 is 0 Å². The van der Waals surface area contributed by atoms with Crippen molar-refractivity contribution in [2.45, 2.75) is 26.1 Å². The maximum atomic E-state index is 12.5. The van der Waals surface area contributed by atoms with Gasteiger partial charge in [0.25, 0.3) is 0 Å². The van der Waals surface area contributed by atoms with Crippen molar-refractivity contribution in [2.75, 3.05) is 5.73 Å². The minimum atomic E-state index is -4.76. The summed E-state index contributed by atoms with van der Waals surface area (Å²) in [5.41, 5.74) is 6.48. The number of nitrogen functional groups attached to an aromatic ring is 1. The van der Waals surface area contributed by atoms with Gasteiger partial charge in [-0.2, -0.15) is 0 Å². The molecule has 0 saturated carbocycles. The van der Waals surface area contributed by atoms with Crippen molar-refractivity contribution in [3.63, 3.8) is 0 Å². The highest BCUT2D eigenvalue weighted by atomic mass is 19.4. The summed E-state index contributed by atoms with van der Waals surface area (Å²) in [6, 6.07) is 5.82. The molecule has 0 atom stereocenters. The van der Waals surface area contributed by atoms with Crippen molar-refractivity contribution < 1.29 is 17.9 Å². The lowest BCUT2D eigenvalue weighted by Gasteiger charge is -2.12. The fraction of sp³-hybridized carbons (Fsp3) is 0.357. The first-order valence-electron chi connectivity index (χ1n) is 6.38. The minimum Gasteiger partial charge on any atom is -0.405 e. The predicted octanol–water partition coefficient (Wildman–Crippen LogP) is 3.69. The topological polar surface area (TPSA) is 53.1 Å². The van der Waals surface area contributed by atoms with Crippen LogP contribution in [0.2, 0.25) is 0 Å². The molecular weight excluding hydrogens is 283 g/mol. The van der Waals surface area contributed by atoms with Crippen LogP contribution in [0.1, 0.15) is 25.6 Å². The molecule has 21 heavy (non-hydrogen) atoms. The van der Waals surface area contributed by atoms with E-state index in [2.05, 4.69) is 9.72 Å². The van der Waals surface area contributed by atoms with Gasteiger partial charge in [-0.3, -0.25) is 0 Å². The van der Waals surface area contributed by atoms with Gasteiger partial charge in [0, 0.05) is 18.5 Å². The molecule has 0 aliphatic heterocycles. The lowest BCUT2D eigenvalue weighted by atomic mass is 10.1. The molecule has 114 valence electrons. The number of hydrogen-bond donors (Lipinski definition) is 1. The van der Waals surface area contributed by atoms with E-state index in [-0.39, 0.29) is 17.2 Å². The Balaban J connectivity index is 2.55. The quantitative estimate of drug-likeness (QED) is 0.940. The minimum absolute atomic E-state index is 0.0988. The van der Waals surface area contributed by atoms with Crippen LogP contribution in [-0.4, -0.2) is 15.9 Å². The summed E-state index contributed by atoms with van der Waals surface area (Å²) in [7, 11) is 1.73. The summed E-state index contributed by atoms with van der Waals surface area (Å²) in [5.74, 6) is 0.785. The average Bonchev–Trinajstić information content (AvgIpc) is 2.65. The molecule has 0 spiro atoms. The van der Waals surface area contributed by atoms with Crippen LogP contribution < -0.4 is 10.5 Å². The Morgan fingerprint density at radius 3 is 2.38 bits per heavy atom. The van der Waals surface area contributed by atoms with E-state index in [1.807, 2.05) is 13.8 Å². The number of alkyl halides is 3. The van der Waals surface area contributed by atoms with Gasteiger partial charge in [0.15, 0.2) is 0 Å². The van der Waals surface area contributed by atoms with Gasteiger partial charge in [-0.25, -0.2) is 4.98 Å². The summed E-state index contributed by atoms with van der Waals surface area (Å²) in [6.45, 7) is 3.87. The number of halogens is 3. The second-order valence-electron chi connectivity index (χ2n) is 4.96. The molecule has 2 rings (SSSR count). The zero-order chi connectivity index (χ0) is 15.8. The van der Waals surface area contributed by atoms with E-state index in [1.165, 1.54) is 18.2 Å². The molecule has 0 aliphatic rings. The van der Waals surface area contributed by atoms with E-state index in [1.54, 1.807) is 17.7 Å². The third-order valence-electron chi connectivity index (χ3n) is 3.06. The monoisotopic (exact) mass is 299 g/mol. The molecule has 2 N–H and O–H groups in total.